The Morgan fingerprint density at radius 3 is 2.41 bits per heavy atom. The van der Waals surface area contributed by atoms with Crippen LogP contribution >= 0.6 is 11.8 Å². The Kier molecular flexibility index (Phi) is 7.19. The molecule has 3 aromatic rings. The van der Waals surface area contributed by atoms with Gasteiger partial charge in [-0.05, 0) is 28.8 Å². The molecule has 0 fully saturated rings. The summed E-state index contributed by atoms with van der Waals surface area (Å²) in [4.78, 5) is 11.6. The number of nitrogens with zero attached hydrogens (tertiary/aromatic N) is 2. The van der Waals surface area contributed by atoms with Gasteiger partial charge in [0.1, 0.15) is 0 Å². The molecule has 0 unspecified atom stereocenters. The van der Waals surface area contributed by atoms with Gasteiger partial charge in [-0.2, -0.15) is 5.10 Å². The molecule has 3 rings (SSSR count). The summed E-state index contributed by atoms with van der Waals surface area (Å²) >= 11 is 1.44. The van der Waals surface area contributed by atoms with Crippen molar-refractivity contribution in [3.05, 3.63) is 95.6 Å². The summed E-state index contributed by atoms with van der Waals surface area (Å²) in [6, 6.07) is 25.1. The van der Waals surface area contributed by atoms with Gasteiger partial charge in [-0.15, -0.1) is 5.10 Å². The van der Waals surface area contributed by atoms with Crippen LogP contribution in [0.2, 0.25) is 0 Å². The zero-order valence-electron chi connectivity index (χ0n) is 16.0. The van der Waals surface area contributed by atoms with E-state index in [0.29, 0.717) is 10.7 Å². The molecule has 3 aromatic carbocycles. The zero-order valence-corrected chi connectivity index (χ0v) is 16.8. The maximum atomic E-state index is 11.6. The number of carbonyl (C=O) groups excluding carboxylic acids is 1. The van der Waals surface area contributed by atoms with E-state index in [2.05, 4.69) is 10.2 Å². The number of thioether (sulfide) groups is 1. The molecular weight excluding hydrogens is 382 g/mol. The average molecular weight is 404 g/mol. The number of ether oxygens (including phenoxy) is 1. The molecule has 0 aliphatic heterocycles. The number of carbonyl (C=O) groups is 1. The second kappa shape index (κ2) is 10.2. The first kappa shape index (κ1) is 20.4. The molecule has 6 heteroatoms. The fraction of sp³-hybridized carbons (Fsp3) is 0.0870. The molecule has 0 aliphatic carbocycles. The Bertz CT molecular complexity index is 1020. The third kappa shape index (κ3) is 5.80. The second-order valence-electron chi connectivity index (χ2n) is 6.11. The van der Waals surface area contributed by atoms with E-state index < -0.39 is 0 Å². The van der Waals surface area contributed by atoms with E-state index in [1.807, 2.05) is 66.7 Å². The Balaban J connectivity index is 1.70. The van der Waals surface area contributed by atoms with Gasteiger partial charge in [0.25, 0.3) is 0 Å². The van der Waals surface area contributed by atoms with Crippen LogP contribution in [-0.2, 0) is 10.5 Å². The summed E-state index contributed by atoms with van der Waals surface area (Å²) in [5.41, 5.74) is 10.5. The van der Waals surface area contributed by atoms with Crippen LogP contribution in [0.3, 0.4) is 0 Å². The fourth-order valence-electron chi connectivity index (χ4n) is 2.68. The lowest BCUT2D eigenvalue weighted by Crippen LogP contribution is -2.06. The molecule has 0 atom stereocenters. The molecule has 0 saturated heterocycles. The van der Waals surface area contributed by atoms with Gasteiger partial charge in [0, 0.05) is 11.3 Å². The van der Waals surface area contributed by atoms with Crippen LogP contribution in [0, 0.1) is 0 Å². The van der Waals surface area contributed by atoms with Crippen LogP contribution in [0.1, 0.15) is 21.5 Å². The highest BCUT2D eigenvalue weighted by atomic mass is 32.2. The molecule has 0 radical (unpaired) electrons. The van der Waals surface area contributed by atoms with E-state index in [-0.39, 0.29) is 5.97 Å². The number of rotatable bonds is 6. The van der Waals surface area contributed by atoms with Crippen molar-refractivity contribution in [3.8, 4) is 11.1 Å². The number of methoxy groups -OCH3 is 1. The lowest BCUT2D eigenvalue weighted by atomic mass is 9.99. The van der Waals surface area contributed by atoms with Crippen molar-refractivity contribution in [2.24, 2.45) is 15.9 Å². The molecule has 29 heavy (non-hydrogen) atoms. The van der Waals surface area contributed by atoms with E-state index in [4.69, 9.17) is 10.5 Å². The van der Waals surface area contributed by atoms with Crippen molar-refractivity contribution < 1.29 is 9.53 Å². The van der Waals surface area contributed by atoms with Crippen LogP contribution in [0.25, 0.3) is 11.1 Å². The van der Waals surface area contributed by atoms with Crippen molar-refractivity contribution in [2.75, 3.05) is 7.11 Å². The minimum absolute atomic E-state index is 0.357. The number of hydrogen-bond donors (Lipinski definition) is 1. The van der Waals surface area contributed by atoms with Gasteiger partial charge in [-0.3, -0.25) is 0 Å². The van der Waals surface area contributed by atoms with Crippen molar-refractivity contribution >= 4 is 29.1 Å². The van der Waals surface area contributed by atoms with Crippen molar-refractivity contribution in [1.82, 2.24) is 0 Å². The van der Waals surface area contributed by atoms with Crippen LogP contribution in [0.4, 0.5) is 0 Å². The molecule has 5 nitrogen and oxygen atoms in total. The summed E-state index contributed by atoms with van der Waals surface area (Å²) < 4.78 is 4.74. The molecule has 0 spiro atoms. The van der Waals surface area contributed by atoms with Gasteiger partial charge >= 0.3 is 5.97 Å². The number of benzene rings is 3. The third-order valence-electron chi connectivity index (χ3n) is 4.16. The molecule has 0 bridgehead atoms. The second-order valence-corrected chi connectivity index (χ2v) is 7.11. The van der Waals surface area contributed by atoms with Gasteiger partial charge in [-0.25, -0.2) is 4.79 Å². The Morgan fingerprint density at radius 1 is 1.00 bits per heavy atom. The molecule has 0 aliphatic rings. The van der Waals surface area contributed by atoms with E-state index in [1.165, 1.54) is 24.4 Å². The zero-order chi connectivity index (χ0) is 20.5. The van der Waals surface area contributed by atoms with Crippen molar-refractivity contribution in [1.29, 1.82) is 0 Å². The van der Waals surface area contributed by atoms with E-state index in [0.717, 1.165) is 22.4 Å². The molecule has 146 valence electrons. The predicted octanol–water partition coefficient (Wildman–Crippen LogP) is 4.72. The Hall–Kier alpha value is -3.38. The summed E-state index contributed by atoms with van der Waals surface area (Å²) in [5, 5.41) is 8.63. The summed E-state index contributed by atoms with van der Waals surface area (Å²) in [7, 11) is 1.37. The Labute approximate surface area is 174 Å². The van der Waals surface area contributed by atoms with E-state index in [9.17, 15) is 4.79 Å². The molecular formula is C23H21N3O2S. The highest BCUT2D eigenvalue weighted by Crippen LogP contribution is 2.23. The monoisotopic (exact) mass is 403 g/mol. The van der Waals surface area contributed by atoms with Crippen molar-refractivity contribution in [2.45, 2.75) is 5.75 Å². The first-order valence-electron chi connectivity index (χ1n) is 8.98. The highest BCUT2D eigenvalue weighted by Gasteiger charge is 2.07. The summed E-state index contributed by atoms with van der Waals surface area (Å²) in [6.45, 7) is 0. The standard InChI is InChI=1S/C23H21N3O2S/c1-28-22(27)19-13-11-18(12-14-19)21-10-6-5-9-20(21)15-25-26-23(24)29-16-17-7-3-2-4-8-17/h2-15H,16H2,1H3,(H2,24,26). The third-order valence-corrected chi connectivity index (χ3v) is 5.02. The first-order valence-corrected chi connectivity index (χ1v) is 9.97. The van der Waals surface area contributed by atoms with Crippen LogP contribution < -0.4 is 5.73 Å². The molecule has 2 N–H and O–H groups in total. The summed E-state index contributed by atoms with van der Waals surface area (Å²) in [5.74, 6) is 0.388. The number of esters is 1. The van der Waals surface area contributed by atoms with E-state index in [1.54, 1.807) is 18.3 Å². The first-order chi connectivity index (χ1) is 14.2. The van der Waals surface area contributed by atoms with Gasteiger partial charge in [-0.1, -0.05) is 78.5 Å². The SMILES string of the molecule is COC(=O)c1ccc(-c2ccccc2C=NN=C(N)SCc2ccccc2)cc1. The maximum absolute atomic E-state index is 11.6. The lowest BCUT2D eigenvalue weighted by molar-refractivity contribution is 0.0601. The molecule has 0 amide bonds. The van der Waals surface area contributed by atoms with Gasteiger partial charge < -0.3 is 10.5 Å². The maximum Gasteiger partial charge on any atom is 0.337 e. The summed E-state index contributed by atoms with van der Waals surface area (Å²) in [6.07, 6.45) is 1.68. The average Bonchev–Trinajstić information content (AvgIpc) is 2.78. The van der Waals surface area contributed by atoms with Crippen LogP contribution in [0.15, 0.2) is 89.1 Å². The van der Waals surface area contributed by atoms with Gasteiger partial charge in [0.15, 0.2) is 5.17 Å². The van der Waals surface area contributed by atoms with Crippen LogP contribution in [-0.4, -0.2) is 24.5 Å². The molecule has 0 heterocycles. The van der Waals surface area contributed by atoms with Gasteiger partial charge in [0.05, 0.1) is 18.9 Å². The quantitative estimate of drug-likeness (QED) is 0.280. The minimum Gasteiger partial charge on any atom is -0.465 e. The fourth-order valence-corrected chi connectivity index (χ4v) is 3.30. The Morgan fingerprint density at radius 2 is 1.69 bits per heavy atom. The highest BCUT2D eigenvalue weighted by molar-refractivity contribution is 8.13. The lowest BCUT2D eigenvalue weighted by Gasteiger charge is -2.06. The van der Waals surface area contributed by atoms with Crippen LogP contribution in [0.5, 0.6) is 0 Å². The topological polar surface area (TPSA) is 77.0 Å². The number of hydrogen-bond acceptors (Lipinski definition) is 5. The number of nitrogens with two attached hydrogens (primary N) is 1. The van der Waals surface area contributed by atoms with Gasteiger partial charge in [0.2, 0.25) is 0 Å². The smallest absolute Gasteiger partial charge is 0.337 e. The van der Waals surface area contributed by atoms with Crippen molar-refractivity contribution in [3.63, 3.8) is 0 Å². The largest absolute Gasteiger partial charge is 0.465 e. The van der Waals surface area contributed by atoms with E-state index >= 15 is 0 Å². The predicted molar refractivity (Wildman–Crippen MR) is 120 cm³/mol. The normalized spacial score (nSPS) is 11.6. The number of amidine groups is 1. The molecule has 0 aromatic heterocycles. The molecule has 0 saturated carbocycles. The minimum atomic E-state index is -0.357.